The van der Waals surface area contributed by atoms with Gasteiger partial charge in [0.15, 0.2) is 11.6 Å². The molecule has 2 aromatic rings. The van der Waals surface area contributed by atoms with Gasteiger partial charge < -0.3 is 9.80 Å². The van der Waals surface area contributed by atoms with Crippen molar-refractivity contribution in [2.24, 2.45) is 0 Å². The predicted molar refractivity (Wildman–Crippen MR) is 96.7 cm³/mol. The van der Waals surface area contributed by atoms with Crippen LogP contribution >= 0.6 is 23.2 Å². The molecule has 1 heterocycles. The second-order valence-electron chi connectivity index (χ2n) is 6.20. The van der Waals surface area contributed by atoms with Gasteiger partial charge in [0.25, 0.3) is 0 Å². The molecule has 0 amide bonds. The fourth-order valence-corrected chi connectivity index (χ4v) is 3.68. The zero-order chi connectivity index (χ0) is 17.7. The Morgan fingerprint density at radius 1 is 0.880 bits per heavy atom. The molecule has 6 heteroatoms. The highest BCUT2D eigenvalue weighted by molar-refractivity contribution is 6.38. The van der Waals surface area contributed by atoms with Crippen LogP contribution in [0.2, 0.25) is 0 Å². The molecule has 2 aromatic carbocycles. The van der Waals surface area contributed by atoms with Gasteiger partial charge in [-0.2, -0.15) is 0 Å². The molecule has 0 aromatic heterocycles. The molecule has 0 N–H and O–H groups in total. The van der Waals surface area contributed by atoms with Gasteiger partial charge in [0.1, 0.15) is 10.3 Å². The van der Waals surface area contributed by atoms with Crippen LogP contribution in [0.25, 0.3) is 0 Å². The highest BCUT2D eigenvalue weighted by Gasteiger charge is 2.30. The van der Waals surface area contributed by atoms with Crippen molar-refractivity contribution in [2.75, 3.05) is 13.7 Å². The number of rotatable bonds is 2. The van der Waals surface area contributed by atoms with Crippen LogP contribution in [-0.2, 0) is 6.54 Å². The molecule has 0 saturated heterocycles. The first kappa shape index (κ1) is 16.2. The SMILES string of the molecule is CN1CN(Cc2ccc3c(c2)C(=O)c2ccccc2C3=O)C(Cl)=C1Cl. The van der Waals surface area contributed by atoms with Crippen LogP contribution in [0.5, 0.6) is 0 Å². The molecule has 0 spiro atoms. The standard InChI is InChI=1S/C19H14Cl2N2O2/c1-22-10-23(19(21)18(22)20)9-11-6-7-14-15(8-11)17(25)13-5-3-2-4-12(13)16(14)24/h2-8H,9-10H2,1H3. The molecule has 126 valence electrons. The molecule has 0 fully saturated rings. The van der Waals surface area contributed by atoms with Crippen LogP contribution < -0.4 is 0 Å². The van der Waals surface area contributed by atoms with Crippen molar-refractivity contribution in [3.8, 4) is 0 Å². The first-order chi connectivity index (χ1) is 12.0. The van der Waals surface area contributed by atoms with Gasteiger partial charge in [0, 0.05) is 35.8 Å². The highest BCUT2D eigenvalue weighted by Crippen LogP contribution is 2.31. The third-order valence-electron chi connectivity index (χ3n) is 4.53. The summed E-state index contributed by atoms with van der Waals surface area (Å²) in [5, 5.41) is 0.981. The first-order valence-electron chi connectivity index (χ1n) is 7.80. The van der Waals surface area contributed by atoms with E-state index in [9.17, 15) is 9.59 Å². The number of halogens is 2. The number of ketones is 2. The lowest BCUT2D eigenvalue weighted by Gasteiger charge is -2.22. The molecule has 0 radical (unpaired) electrons. The van der Waals surface area contributed by atoms with Gasteiger partial charge >= 0.3 is 0 Å². The van der Waals surface area contributed by atoms with E-state index in [1.165, 1.54) is 0 Å². The molecule has 0 atom stereocenters. The number of nitrogens with zero attached hydrogens (tertiary/aromatic N) is 2. The molecule has 0 bridgehead atoms. The predicted octanol–water partition coefficient (Wildman–Crippen LogP) is 3.77. The Kier molecular flexibility index (Phi) is 3.82. The smallest absolute Gasteiger partial charge is 0.194 e. The van der Waals surface area contributed by atoms with Gasteiger partial charge in [-0.05, 0) is 17.7 Å². The van der Waals surface area contributed by atoms with E-state index in [1.54, 1.807) is 36.4 Å². The van der Waals surface area contributed by atoms with Crippen LogP contribution in [0.4, 0.5) is 0 Å². The third kappa shape index (κ3) is 2.53. The van der Waals surface area contributed by atoms with E-state index in [1.807, 2.05) is 22.9 Å². The quantitative estimate of drug-likeness (QED) is 0.642. The monoisotopic (exact) mass is 372 g/mol. The molecule has 1 aliphatic carbocycles. The first-order valence-corrected chi connectivity index (χ1v) is 8.55. The summed E-state index contributed by atoms with van der Waals surface area (Å²) >= 11 is 12.4. The Morgan fingerprint density at radius 3 is 2.08 bits per heavy atom. The molecular formula is C19H14Cl2N2O2. The van der Waals surface area contributed by atoms with E-state index in [0.717, 1.165) is 5.56 Å². The van der Waals surface area contributed by atoms with Gasteiger partial charge in [-0.1, -0.05) is 53.5 Å². The van der Waals surface area contributed by atoms with Crippen LogP contribution in [0.3, 0.4) is 0 Å². The van der Waals surface area contributed by atoms with Crippen molar-refractivity contribution >= 4 is 34.8 Å². The Hall–Kier alpha value is -2.30. The lowest BCUT2D eigenvalue weighted by atomic mass is 9.83. The summed E-state index contributed by atoms with van der Waals surface area (Å²) in [7, 11) is 1.86. The van der Waals surface area contributed by atoms with E-state index >= 15 is 0 Å². The van der Waals surface area contributed by atoms with E-state index in [4.69, 9.17) is 23.2 Å². The summed E-state index contributed by atoms with van der Waals surface area (Å²) in [4.78, 5) is 29.2. The zero-order valence-corrected chi connectivity index (χ0v) is 14.9. The summed E-state index contributed by atoms with van der Waals surface area (Å²) in [6, 6.07) is 12.3. The summed E-state index contributed by atoms with van der Waals surface area (Å²) in [5.41, 5.74) is 2.72. The molecule has 4 rings (SSSR count). The zero-order valence-electron chi connectivity index (χ0n) is 13.4. The molecule has 2 aliphatic rings. The van der Waals surface area contributed by atoms with Gasteiger partial charge in [-0.15, -0.1) is 0 Å². The van der Waals surface area contributed by atoms with E-state index in [0.29, 0.717) is 45.8 Å². The van der Waals surface area contributed by atoms with Crippen molar-refractivity contribution in [2.45, 2.75) is 6.54 Å². The van der Waals surface area contributed by atoms with E-state index in [2.05, 4.69) is 0 Å². The molecule has 0 saturated carbocycles. The Balaban J connectivity index is 1.69. The maximum Gasteiger partial charge on any atom is 0.194 e. The topological polar surface area (TPSA) is 40.6 Å². The van der Waals surface area contributed by atoms with Gasteiger partial charge in [0.05, 0.1) is 6.67 Å². The minimum absolute atomic E-state index is 0.112. The number of benzene rings is 2. The summed E-state index contributed by atoms with van der Waals surface area (Å²) < 4.78 is 0. The second kappa shape index (κ2) is 5.90. The van der Waals surface area contributed by atoms with E-state index < -0.39 is 0 Å². The normalized spacial score (nSPS) is 16.4. The Labute approximate surface area is 155 Å². The maximum atomic E-state index is 12.8. The summed E-state index contributed by atoms with van der Waals surface area (Å²) in [6.07, 6.45) is 0. The fraction of sp³-hybridized carbons (Fsp3) is 0.158. The largest absolute Gasteiger partial charge is 0.345 e. The molecule has 25 heavy (non-hydrogen) atoms. The number of carbonyl (C=O) groups excluding carboxylic acids is 2. The minimum Gasteiger partial charge on any atom is -0.345 e. The molecular weight excluding hydrogens is 359 g/mol. The van der Waals surface area contributed by atoms with Crippen LogP contribution in [-0.4, -0.2) is 35.1 Å². The maximum absolute atomic E-state index is 12.8. The summed E-state index contributed by atoms with van der Waals surface area (Å²) in [6.45, 7) is 1.08. The number of hydrogen-bond acceptors (Lipinski definition) is 4. The lowest BCUT2D eigenvalue weighted by Crippen LogP contribution is -2.25. The fourth-order valence-electron chi connectivity index (χ4n) is 3.25. The highest BCUT2D eigenvalue weighted by atomic mass is 35.5. The van der Waals surface area contributed by atoms with Crippen LogP contribution in [0.15, 0.2) is 52.8 Å². The lowest BCUT2D eigenvalue weighted by molar-refractivity contribution is 0.0979. The van der Waals surface area contributed by atoms with Gasteiger partial charge in [-0.25, -0.2) is 0 Å². The van der Waals surface area contributed by atoms with Crippen molar-refractivity contribution in [3.63, 3.8) is 0 Å². The average molecular weight is 373 g/mol. The number of fused-ring (bicyclic) bond motifs is 2. The average Bonchev–Trinajstić information content (AvgIpc) is 2.86. The van der Waals surface area contributed by atoms with Gasteiger partial charge in [0.2, 0.25) is 0 Å². The summed E-state index contributed by atoms with van der Waals surface area (Å²) in [5.74, 6) is -0.233. The molecule has 4 nitrogen and oxygen atoms in total. The van der Waals surface area contributed by atoms with Crippen LogP contribution in [0.1, 0.15) is 37.4 Å². The second-order valence-corrected chi connectivity index (χ2v) is 6.92. The molecule has 0 unspecified atom stereocenters. The Morgan fingerprint density at radius 2 is 1.48 bits per heavy atom. The minimum atomic E-state index is -0.120. The van der Waals surface area contributed by atoms with Crippen molar-refractivity contribution in [1.29, 1.82) is 0 Å². The van der Waals surface area contributed by atoms with Crippen molar-refractivity contribution < 1.29 is 9.59 Å². The number of hydrogen-bond donors (Lipinski definition) is 0. The van der Waals surface area contributed by atoms with Crippen LogP contribution in [0, 0.1) is 0 Å². The third-order valence-corrected chi connectivity index (χ3v) is 5.51. The van der Waals surface area contributed by atoms with E-state index in [-0.39, 0.29) is 11.6 Å². The number of carbonyl (C=O) groups is 2. The molecule has 1 aliphatic heterocycles. The van der Waals surface area contributed by atoms with Gasteiger partial charge in [-0.3, -0.25) is 9.59 Å². The van der Waals surface area contributed by atoms with Crippen molar-refractivity contribution in [1.82, 2.24) is 9.80 Å². The Bertz CT molecular complexity index is 952. The van der Waals surface area contributed by atoms with Crippen molar-refractivity contribution in [3.05, 3.63) is 80.6 Å².